The van der Waals surface area contributed by atoms with Crippen LogP contribution in [-0.2, 0) is 17.8 Å². The van der Waals surface area contributed by atoms with Gasteiger partial charge in [-0.15, -0.1) is 0 Å². The average Bonchev–Trinajstić information content (AvgIpc) is 2.84. The van der Waals surface area contributed by atoms with Crippen LogP contribution in [0.1, 0.15) is 30.4 Å². The van der Waals surface area contributed by atoms with E-state index in [1.807, 2.05) is 6.79 Å². The molecule has 3 aromatic rings. The van der Waals surface area contributed by atoms with Crippen molar-refractivity contribution in [2.45, 2.75) is 38.3 Å². The fourth-order valence-corrected chi connectivity index (χ4v) is 4.46. The SMILES string of the molecule is C=O.c1cc2cc(c1)Nc1ncnc(n1)-c1cccc(c1)CCCNC1CCCN(C2)C1. The predicted molar refractivity (Wildman–Crippen MR) is 127 cm³/mol. The fourth-order valence-electron chi connectivity index (χ4n) is 4.46. The first-order chi connectivity index (χ1) is 15.8. The molecule has 1 aromatic heterocycles. The molecule has 1 saturated heterocycles. The second-order valence-corrected chi connectivity index (χ2v) is 8.29. The maximum Gasteiger partial charge on any atom is 0.230 e. The van der Waals surface area contributed by atoms with E-state index >= 15 is 0 Å². The van der Waals surface area contributed by atoms with Gasteiger partial charge < -0.3 is 15.4 Å². The van der Waals surface area contributed by atoms with E-state index in [1.54, 1.807) is 6.33 Å². The van der Waals surface area contributed by atoms with E-state index in [-0.39, 0.29) is 0 Å². The molecule has 5 rings (SSSR count). The van der Waals surface area contributed by atoms with Crippen molar-refractivity contribution in [2.75, 3.05) is 25.0 Å². The Labute approximate surface area is 189 Å². The van der Waals surface area contributed by atoms with Gasteiger partial charge in [0.2, 0.25) is 5.95 Å². The van der Waals surface area contributed by atoms with Crippen molar-refractivity contribution in [3.63, 3.8) is 0 Å². The number of hydrogen-bond donors (Lipinski definition) is 2. The molecule has 166 valence electrons. The van der Waals surface area contributed by atoms with Gasteiger partial charge in [0.1, 0.15) is 13.1 Å². The Hall–Kier alpha value is -3.16. The third-order valence-electron chi connectivity index (χ3n) is 5.93. The van der Waals surface area contributed by atoms with Crippen LogP contribution in [0.4, 0.5) is 11.6 Å². The molecule has 0 spiro atoms. The van der Waals surface area contributed by atoms with Gasteiger partial charge in [-0.1, -0.05) is 30.3 Å². The zero-order valence-corrected chi connectivity index (χ0v) is 18.3. The Balaban J connectivity index is 0.00000119. The number of anilines is 2. The smallest absolute Gasteiger partial charge is 0.230 e. The predicted octanol–water partition coefficient (Wildman–Crippen LogP) is 3.60. The number of carbonyl (C=O) groups is 1. The topological polar surface area (TPSA) is 83.0 Å². The lowest BCUT2D eigenvalue weighted by Gasteiger charge is -2.33. The van der Waals surface area contributed by atoms with Crippen LogP contribution in [0.3, 0.4) is 0 Å². The molecular formula is C25H30N6O. The highest BCUT2D eigenvalue weighted by atomic mass is 16.1. The molecule has 0 aliphatic carbocycles. The summed E-state index contributed by atoms with van der Waals surface area (Å²) in [5.74, 6) is 1.27. The van der Waals surface area contributed by atoms with Crippen LogP contribution < -0.4 is 10.6 Å². The van der Waals surface area contributed by atoms with Gasteiger partial charge >= 0.3 is 0 Å². The van der Waals surface area contributed by atoms with Crippen molar-refractivity contribution in [1.29, 1.82) is 0 Å². The molecule has 2 unspecified atom stereocenters. The molecule has 7 nitrogen and oxygen atoms in total. The van der Waals surface area contributed by atoms with E-state index < -0.39 is 0 Å². The van der Waals surface area contributed by atoms with Crippen LogP contribution in [0, 0.1) is 0 Å². The van der Waals surface area contributed by atoms with Gasteiger partial charge in [-0.05, 0) is 68.1 Å². The number of fused-ring (bicyclic) bond motifs is 9. The molecule has 2 N–H and O–H groups in total. The number of piperidine rings is 1. The van der Waals surface area contributed by atoms with E-state index in [0.29, 0.717) is 17.8 Å². The zero-order chi connectivity index (χ0) is 22.2. The monoisotopic (exact) mass is 430 g/mol. The second kappa shape index (κ2) is 10.9. The molecule has 2 atom stereocenters. The maximum absolute atomic E-state index is 8.00. The van der Waals surface area contributed by atoms with Crippen molar-refractivity contribution in [3.05, 3.63) is 66.0 Å². The lowest BCUT2D eigenvalue weighted by molar-refractivity contribution is -0.0979. The summed E-state index contributed by atoms with van der Waals surface area (Å²) in [5.41, 5.74) is 4.67. The Morgan fingerprint density at radius 3 is 2.81 bits per heavy atom. The van der Waals surface area contributed by atoms with Crippen LogP contribution in [0.15, 0.2) is 54.9 Å². The first-order valence-electron chi connectivity index (χ1n) is 11.2. The average molecular weight is 431 g/mol. The Bertz CT molecular complexity index is 1030. The van der Waals surface area contributed by atoms with Crippen molar-refractivity contribution < 1.29 is 4.79 Å². The molecule has 0 amide bonds. The molecule has 0 radical (unpaired) electrons. The Kier molecular flexibility index (Phi) is 7.53. The van der Waals surface area contributed by atoms with Crippen molar-refractivity contribution in [1.82, 2.24) is 25.2 Å². The molecule has 32 heavy (non-hydrogen) atoms. The maximum atomic E-state index is 8.00. The number of carbonyl (C=O) groups excluding carboxylic acids is 1. The number of aromatic nitrogens is 3. The number of nitrogens with one attached hydrogen (secondary N) is 2. The fraction of sp³-hybridized carbons (Fsp3) is 0.360. The van der Waals surface area contributed by atoms with Gasteiger partial charge in [0.05, 0.1) is 0 Å². The molecule has 7 heteroatoms. The largest absolute Gasteiger partial charge is 0.324 e. The molecule has 2 aromatic carbocycles. The van der Waals surface area contributed by atoms with Gasteiger partial charge in [0.25, 0.3) is 0 Å². The number of nitrogens with zero attached hydrogens (tertiary/aromatic N) is 4. The summed E-state index contributed by atoms with van der Waals surface area (Å²) < 4.78 is 0. The summed E-state index contributed by atoms with van der Waals surface area (Å²) in [6.07, 6.45) is 6.29. The quantitative estimate of drug-likeness (QED) is 0.564. The Morgan fingerprint density at radius 1 is 1.00 bits per heavy atom. The number of aryl methyl sites for hydroxylation is 1. The Morgan fingerprint density at radius 2 is 1.88 bits per heavy atom. The molecule has 2 aliphatic heterocycles. The molecular weight excluding hydrogens is 400 g/mol. The van der Waals surface area contributed by atoms with Gasteiger partial charge in [-0.25, -0.2) is 9.97 Å². The van der Waals surface area contributed by atoms with E-state index in [4.69, 9.17) is 4.79 Å². The highest BCUT2D eigenvalue weighted by molar-refractivity contribution is 5.59. The third-order valence-corrected chi connectivity index (χ3v) is 5.93. The number of hydrogen-bond acceptors (Lipinski definition) is 7. The van der Waals surface area contributed by atoms with Gasteiger partial charge in [-0.2, -0.15) is 4.98 Å². The summed E-state index contributed by atoms with van der Waals surface area (Å²) in [6.45, 7) is 6.31. The lowest BCUT2D eigenvalue weighted by atomic mass is 10.0. The summed E-state index contributed by atoms with van der Waals surface area (Å²) >= 11 is 0. The standard InChI is InChI=1S/C24H28N6.CH2O/c1-5-18-7-3-11-25-22-10-4-12-30(16-22)15-19-6-2-9-21(14-19)28-24-27-17-26-23(29-24)20(8-1)13-18;1-2/h1-2,5-6,8-9,13-14,17,22,25H,3-4,7,10-12,15-16H2,(H,26,27,28,29);1H2. The van der Waals surface area contributed by atoms with E-state index in [0.717, 1.165) is 43.7 Å². The van der Waals surface area contributed by atoms with Crippen LogP contribution in [0.2, 0.25) is 0 Å². The molecule has 0 saturated carbocycles. The van der Waals surface area contributed by atoms with E-state index in [2.05, 4.69) is 79.0 Å². The minimum Gasteiger partial charge on any atom is -0.324 e. The van der Waals surface area contributed by atoms with Crippen molar-refractivity contribution >= 4 is 18.4 Å². The second-order valence-electron chi connectivity index (χ2n) is 8.29. The van der Waals surface area contributed by atoms with Crippen LogP contribution in [0.5, 0.6) is 0 Å². The summed E-state index contributed by atoms with van der Waals surface area (Å²) in [4.78, 5) is 24.0. The van der Waals surface area contributed by atoms with Gasteiger partial charge in [0.15, 0.2) is 5.82 Å². The van der Waals surface area contributed by atoms with E-state index in [9.17, 15) is 0 Å². The van der Waals surface area contributed by atoms with Crippen LogP contribution in [0.25, 0.3) is 11.4 Å². The molecule has 8 bridgehead atoms. The normalized spacial score (nSPS) is 20.5. The van der Waals surface area contributed by atoms with Gasteiger partial charge in [-0.3, -0.25) is 4.90 Å². The van der Waals surface area contributed by atoms with Crippen molar-refractivity contribution in [2.24, 2.45) is 0 Å². The van der Waals surface area contributed by atoms with Gasteiger partial charge in [0, 0.05) is 30.4 Å². The minimum absolute atomic E-state index is 0.575. The highest BCUT2D eigenvalue weighted by Crippen LogP contribution is 2.21. The third kappa shape index (κ3) is 5.75. The summed E-state index contributed by atoms with van der Waals surface area (Å²) in [5, 5.41) is 7.15. The molecule has 2 aliphatic rings. The van der Waals surface area contributed by atoms with Crippen LogP contribution in [-0.4, -0.2) is 52.3 Å². The van der Waals surface area contributed by atoms with Crippen molar-refractivity contribution in [3.8, 4) is 11.4 Å². The number of rotatable bonds is 0. The summed E-state index contributed by atoms with van der Waals surface area (Å²) in [7, 11) is 0. The first kappa shape index (κ1) is 22.0. The first-order valence-corrected chi connectivity index (χ1v) is 11.2. The molecule has 1 fully saturated rings. The summed E-state index contributed by atoms with van der Waals surface area (Å²) in [6, 6.07) is 17.7. The lowest BCUT2D eigenvalue weighted by Crippen LogP contribution is -2.45. The highest BCUT2D eigenvalue weighted by Gasteiger charge is 2.19. The molecule has 3 heterocycles. The van der Waals surface area contributed by atoms with Crippen LogP contribution >= 0.6 is 0 Å². The van der Waals surface area contributed by atoms with E-state index in [1.165, 1.54) is 30.5 Å². The number of benzene rings is 2. The minimum atomic E-state index is 0.575. The zero-order valence-electron chi connectivity index (χ0n) is 18.3.